The van der Waals surface area contributed by atoms with Gasteiger partial charge < -0.3 is 24.8 Å². The molecule has 166 valence electrons. The Kier molecular flexibility index (Phi) is 7.37. The molecule has 7 nitrogen and oxygen atoms in total. The Morgan fingerprint density at radius 3 is 2.48 bits per heavy atom. The van der Waals surface area contributed by atoms with Gasteiger partial charge in [-0.3, -0.25) is 4.79 Å². The lowest BCUT2D eigenvalue weighted by molar-refractivity contribution is -0.138. The van der Waals surface area contributed by atoms with Crippen LogP contribution in [0.3, 0.4) is 0 Å². The molecule has 1 heterocycles. The van der Waals surface area contributed by atoms with Crippen LogP contribution < -0.4 is 14.8 Å². The Balaban J connectivity index is 1.95. The number of nitrogens with zero attached hydrogens (tertiary/aromatic N) is 1. The van der Waals surface area contributed by atoms with Gasteiger partial charge in [-0.05, 0) is 61.7 Å². The van der Waals surface area contributed by atoms with E-state index in [0.717, 1.165) is 5.56 Å². The van der Waals surface area contributed by atoms with Crippen LogP contribution >= 0.6 is 15.9 Å². The van der Waals surface area contributed by atoms with Crippen LogP contribution in [0.25, 0.3) is 0 Å². The standard InChI is InChI=1S/C22H24BrFN2O5/c1-3-30-19-9-13-7-8-26(22(29)25-17-6-5-14(23)10-16(17)24)18(12-21(27)28)15(13)11-20(19)31-4-2/h5-6,9-11,18H,3-4,7-8,12H2,1-2H3,(H,25,29)(H,27,28). The summed E-state index contributed by atoms with van der Waals surface area (Å²) in [4.78, 5) is 26.0. The zero-order chi connectivity index (χ0) is 22.5. The third-order valence-electron chi connectivity index (χ3n) is 4.96. The van der Waals surface area contributed by atoms with Gasteiger partial charge in [-0.2, -0.15) is 0 Å². The first-order valence-electron chi connectivity index (χ1n) is 10.0. The summed E-state index contributed by atoms with van der Waals surface area (Å²) in [6, 6.07) is 6.62. The van der Waals surface area contributed by atoms with Crippen molar-refractivity contribution in [3.8, 4) is 11.5 Å². The number of carbonyl (C=O) groups excluding carboxylic acids is 1. The molecule has 1 aliphatic rings. The van der Waals surface area contributed by atoms with Crippen molar-refractivity contribution >= 4 is 33.6 Å². The van der Waals surface area contributed by atoms with Gasteiger partial charge in [0.25, 0.3) is 0 Å². The number of rotatable bonds is 7. The molecule has 1 atom stereocenters. The molecule has 0 saturated heterocycles. The monoisotopic (exact) mass is 494 g/mol. The van der Waals surface area contributed by atoms with Gasteiger partial charge in [0, 0.05) is 11.0 Å². The van der Waals surface area contributed by atoms with E-state index >= 15 is 0 Å². The summed E-state index contributed by atoms with van der Waals surface area (Å²) < 4.78 is 26.1. The van der Waals surface area contributed by atoms with Crippen molar-refractivity contribution in [3.05, 3.63) is 51.7 Å². The zero-order valence-corrected chi connectivity index (χ0v) is 18.9. The van der Waals surface area contributed by atoms with Gasteiger partial charge >= 0.3 is 12.0 Å². The smallest absolute Gasteiger partial charge is 0.322 e. The number of ether oxygens (including phenoxy) is 2. The van der Waals surface area contributed by atoms with Crippen LogP contribution in [0.15, 0.2) is 34.8 Å². The summed E-state index contributed by atoms with van der Waals surface area (Å²) in [6.07, 6.45) is 0.219. The fraction of sp³-hybridized carbons (Fsp3) is 0.364. The van der Waals surface area contributed by atoms with E-state index < -0.39 is 23.9 Å². The molecular weight excluding hydrogens is 471 g/mol. The van der Waals surface area contributed by atoms with Gasteiger partial charge in [-0.1, -0.05) is 15.9 Å². The molecule has 2 aromatic carbocycles. The minimum atomic E-state index is -1.04. The van der Waals surface area contributed by atoms with Crippen LogP contribution in [0, 0.1) is 5.82 Å². The lowest BCUT2D eigenvalue weighted by Gasteiger charge is -2.37. The molecule has 2 N–H and O–H groups in total. The number of halogens is 2. The van der Waals surface area contributed by atoms with Crippen LogP contribution in [-0.2, 0) is 11.2 Å². The minimum Gasteiger partial charge on any atom is -0.490 e. The molecular formula is C22H24BrFN2O5. The second-order valence-corrected chi connectivity index (χ2v) is 7.89. The number of carboxylic acids is 1. The van der Waals surface area contributed by atoms with Gasteiger partial charge in [0.2, 0.25) is 0 Å². The van der Waals surface area contributed by atoms with E-state index in [2.05, 4.69) is 21.2 Å². The van der Waals surface area contributed by atoms with E-state index in [-0.39, 0.29) is 18.7 Å². The maximum absolute atomic E-state index is 14.2. The van der Waals surface area contributed by atoms with E-state index in [4.69, 9.17) is 9.47 Å². The fourth-order valence-corrected chi connectivity index (χ4v) is 3.99. The average Bonchev–Trinajstić information content (AvgIpc) is 2.71. The highest BCUT2D eigenvalue weighted by Crippen LogP contribution is 2.40. The van der Waals surface area contributed by atoms with E-state index in [0.29, 0.717) is 41.2 Å². The van der Waals surface area contributed by atoms with Gasteiger partial charge in [0.1, 0.15) is 5.82 Å². The van der Waals surface area contributed by atoms with Crippen molar-refractivity contribution in [1.82, 2.24) is 4.90 Å². The van der Waals surface area contributed by atoms with Crippen molar-refractivity contribution in [2.75, 3.05) is 25.1 Å². The second kappa shape index (κ2) is 10.00. The molecule has 0 fully saturated rings. The van der Waals surface area contributed by atoms with Crippen LogP contribution in [0.2, 0.25) is 0 Å². The lowest BCUT2D eigenvalue weighted by Crippen LogP contribution is -2.43. The van der Waals surface area contributed by atoms with E-state index in [1.54, 1.807) is 12.1 Å². The summed E-state index contributed by atoms with van der Waals surface area (Å²) in [5, 5.41) is 12.0. The number of amides is 2. The van der Waals surface area contributed by atoms with Crippen LogP contribution in [-0.4, -0.2) is 41.8 Å². The van der Waals surface area contributed by atoms with Gasteiger partial charge in [-0.25, -0.2) is 9.18 Å². The van der Waals surface area contributed by atoms with Crippen molar-refractivity contribution in [2.45, 2.75) is 32.7 Å². The number of benzene rings is 2. The highest BCUT2D eigenvalue weighted by Gasteiger charge is 2.34. The molecule has 0 aliphatic carbocycles. The fourth-order valence-electron chi connectivity index (χ4n) is 3.65. The largest absolute Gasteiger partial charge is 0.490 e. The Morgan fingerprint density at radius 2 is 1.87 bits per heavy atom. The van der Waals surface area contributed by atoms with Gasteiger partial charge in [0.05, 0.1) is 31.4 Å². The molecule has 9 heteroatoms. The first-order chi connectivity index (χ1) is 14.8. The maximum atomic E-state index is 14.2. The lowest BCUT2D eigenvalue weighted by atomic mass is 9.90. The number of urea groups is 1. The van der Waals surface area contributed by atoms with Crippen LogP contribution in [0.4, 0.5) is 14.9 Å². The van der Waals surface area contributed by atoms with Crippen molar-refractivity contribution in [2.24, 2.45) is 0 Å². The van der Waals surface area contributed by atoms with Gasteiger partial charge in [0.15, 0.2) is 11.5 Å². The number of fused-ring (bicyclic) bond motifs is 1. The predicted molar refractivity (Wildman–Crippen MR) is 117 cm³/mol. The number of carbonyl (C=O) groups is 2. The Morgan fingerprint density at radius 1 is 1.19 bits per heavy atom. The summed E-state index contributed by atoms with van der Waals surface area (Å²) >= 11 is 3.18. The molecule has 0 bridgehead atoms. The molecule has 1 unspecified atom stereocenters. The van der Waals surface area contributed by atoms with Crippen molar-refractivity contribution in [3.63, 3.8) is 0 Å². The van der Waals surface area contributed by atoms with Crippen LogP contribution in [0.5, 0.6) is 11.5 Å². The zero-order valence-electron chi connectivity index (χ0n) is 17.3. The van der Waals surface area contributed by atoms with E-state index in [9.17, 15) is 19.1 Å². The van der Waals surface area contributed by atoms with Crippen molar-refractivity contribution < 1.29 is 28.6 Å². The molecule has 3 rings (SSSR count). The Labute approximate surface area is 188 Å². The topological polar surface area (TPSA) is 88.1 Å². The first kappa shape index (κ1) is 22.9. The molecule has 0 aromatic heterocycles. The molecule has 31 heavy (non-hydrogen) atoms. The van der Waals surface area contributed by atoms with Gasteiger partial charge in [-0.15, -0.1) is 0 Å². The highest BCUT2D eigenvalue weighted by atomic mass is 79.9. The second-order valence-electron chi connectivity index (χ2n) is 6.98. The molecule has 1 aliphatic heterocycles. The predicted octanol–water partition coefficient (Wildman–Crippen LogP) is 4.99. The number of hydrogen-bond donors (Lipinski definition) is 2. The molecule has 0 spiro atoms. The highest BCUT2D eigenvalue weighted by molar-refractivity contribution is 9.10. The molecule has 2 amide bonds. The quantitative estimate of drug-likeness (QED) is 0.565. The summed E-state index contributed by atoms with van der Waals surface area (Å²) in [5.74, 6) is -0.543. The minimum absolute atomic E-state index is 0.0229. The number of nitrogens with one attached hydrogen (secondary N) is 1. The molecule has 2 aromatic rings. The number of hydrogen-bond acceptors (Lipinski definition) is 4. The van der Waals surface area contributed by atoms with E-state index in [1.165, 1.54) is 17.0 Å². The average molecular weight is 495 g/mol. The normalized spacial score (nSPS) is 15.2. The third kappa shape index (κ3) is 5.28. The summed E-state index contributed by atoms with van der Waals surface area (Å²) in [5.41, 5.74) is 1.61. The summed E-state index contributed by atoms with van der Waals surface area (Å²) in [7, 11) is 0. The van der Waals surface area contributed by atoms with E-state index in [1.807, 2.05) is 19.9 Å². The maximum Gasteiger partial charge on any atom is 0.322 e. The Hall–Kier alpha value is -2.81. The summed E-state index contributed by atoms with van der Waals surface area (Å²) in [6.45, 7) is 4.88. The number of anilines is 1. The third-order valence-corrected chi connectivity index (χ3v) is 5.46. The molecule has 0 radical (unpaired) electrons. The molecule has 0 saturated carbocycles. The number of aliphatic carboxylic acids is 1. The van der Waals surface area contributed by atoms with Crippen LogP contribution in [0.1, 0.15) is 37.4 Å². The SMILES string of the molecule is CCOc1cc2c(cc1OCC)C(CC(=O)O)N(C(=O)Nc1ccc(Br)cc1F)CC2. The van der Waals surface area contributed by atoms with Crippen molar-refractivity contribution in [1.29, 1.82) is 0 Å². The first-order valence-corrected chi connectivity index (χ1v) is 10.8. The Bertz CT molecular complexity index is 985. The number of carboxylic acid groups (broad SMARTS) is 1.